The Kier molecular flexibility index (Phi) is 6.20. The first-order chi connectivity index (χ1) is 13.0. The lowest BCUT2D eigenvalue weighted by Crippen LogP contribution is -2.06. The zero-order valence-corrected chi connectivity index (χ0v) is 16.1. The molecule has 8 heteroatoms. The minimum absolute atomic E-state index is 0.0608. The van der Waals surface area contributed by atoms with Crippen molar-refractivity contribution in [3.63, 3.8) is 0 Å². The van der Waals surface area contributed by atoms with Crippen molar-refractivity contribution >= 4 is 34.8 Å². The number of aryl methyl sites for hydroxylation is 1. The molecule has 3 rings (SSSR count). The van der Waals surface area contributed by atoms with Gasteiger partial charge in [0.15, 0.2) is 0 Å². The van der Waals surface area contributed by atoms with Gasteiger partial charge < -0.3 is 4.74 Å². The largest absolute Gasteiger partial charge is 0.457 e. The molecule has 0 bridgehead atoms. The van der Waals surface area contributed by atoms with Gasteiger partial charge >= 0.3 is 5.97 Å². The number of ether oxygens (including phenoxy) is 1. The second-order valence-corrected chi connectivity index (χ2v) is 7.74. The number of benzene rings is 2. The molecule has 0 saturated carbocycles. The number of carbonyl (C=O) groups excluding carboxylic acids is 1. The van der Waals surface area contributed by atoms with E-state index in [-0.39, 0.29) is 12.3 Å². The number of aromatic nitrogens is 1. The summed E-state index contributed by atoms with van der Waals surface area (Å²) in [4.78, 5) is 28.1. The number of thiazole rings is 1. The van der Waals surface area contributed by atoms with Crippen molar-refractivity contribution in [2.75, 3.05) is 0 Å². The summed E-state index contributed by atoms with van der Waals surface area (Å²) in [6, 6.07) is 13.3. The van der Waals surface area contributed by atoms with Crippen LogP contribution in [0.2, 0.25) is 0 Å². The molecule has 0 fully saturated rings. The minimum Gasteiger partial charge on any atom is -0.457 e. The van der Waals surface area contributed by atoms with Gasteiger partial charge in [0.25, 0.3) is 5.69 Å². The van der Waals surface area contributed by atoms with Crippen LogP contribution >= 0.6 is 23.1 Å². The normalized spacial score (nSPS) is 10.6. The highest BCUT2D eigenvalue weighted by molar-refractivity contribution is 7.98. The molecule has 0 aliphatic heterocycles. The summed E-state index contributed by atoms with van der Waals surface area (Å²) in [6.45, 7) is 1.83. The Morgan fingerprint density at radius 2 is 1.96 bits per heavy atom. The number of nitrogens with zero attached hydrogens (tertiary/aromatic N) is 2. The van der Waals surface area contributed by atoms with Gasteiger partial charge in [0.2, 0.25) is 0 Å². The van der Waals surface area contributed by atoms with Gasteiger partial charge in [-0.25, -0.2) is 9.78 Å². The molecule has 0 saturated heterocycles. The zero-order chi connectivity index (χ0) is 19.2. The van der Waals surface area contributed by atoms with Gasteiger partial charge in [-0.3, -0.25) is 10.1 Å². The number of nitro groups is 1. The van der Waals surface area contributed by atoms with Crippen molar-refractivity contribution < 1.29 is 14.5 Å². The van der Waals surface area contributed by atoms with Crippen molar-refractivity contribution in [2.24, 2.45) is 0 Å². The maximum atomic E-state index is 12.2. The van der Waals surface area contributed by atoms with Gasteiger partial charge in [-0.15, -0.1) is 23.1 Å². The molecule has 0 N–H and O–H groups in total. The summed E-state index contributed by atoms with van der Waals surface area (Å²) in [5.41, 5.74) is 1.74. The van der Waals surface area contributed by atoms with Crippen molar-refractivity contribution in [1.29, 1.82) is 0 Å². The molecule has 0 radical (unpaired) electrons. The number of rotatable bonds is 7. The number of carbonyl (C=O) groups is 1. The molecule has 0 atom stereocenters. The summed E-state index contributed by atoms with van der Waals surface area (Å²) < 4.78 is 5.22. The van der Waals surface area contributed by atoms with E-state index in [2.05, 4.69) is 4.98 Å². The predicted octanol–water partition coefficient (Wildman–Crippen LogP) is 5.01. The maximum Gasteiger partial charge on any atom is 0.338 e. The first kappa shape index (κ1) is 19.1. The van der Waals surface area contributed by atoms with Crippen LogP contribution in [0.15, 0.2) is 58.8 Å². The van der Waals surface area contributed by atoms with Crippen LogP contribution in [-0.2, 0) is 17.1 Å². The lowest BCUT2D eigenvalue weighted by atomic mass is 10.2. The van der Waals surface area contributed by atoms with Gasteiger partial charge in [-0.2, -0.15) is 0 Å². The van der Waals surface area contributed by atoms with Gasteiger partial charge in [-0.1, -0.05) is 12.1 Å². The average Bonchev–Trinajstić information content (AvgIpc) is 3.10. The highest BCUT2D eigenvalue weighted by Crippen LogP contribution is 2.24. The fourth-order valence-electron chi connectivity index (χ4n) is 2.36. The Morgan fingerprint density at radius 1 is 1.22 bits per heavy atom. The van der Waals surface area contributed by atoms with E-state index in [4.69, 9.17) is 4.74 Å². The molecule has 0 amide bonds. The molecule has 1 heterocycles. The van der Waals surface area contributed by atoms with Crippen LogP contribution in [0.3, 0.4) is 0 Å². The van der Waals surface area contributed by atoms with E-state index in [0.717, 1.165) is 21.3 Å². The molecule has 0 unspecified atom stereocenters. The van der Waals surface area contributed by atoms with E-state index >= 15 is 0 Å². The van der Waals surface area contributed by atoms with Crippen molar-refractivity contribution in [3.05, 3.63) is 85.9 Å². The first-order valence-electron chi connectivity index (χ1n) is 8.06. The third-order valence-corrected chi connectivity index (χ3v) is 5.56. The predicted molar refractivity (Wildman–Crippen MR) is 105 cm³/mol. The summed E-state index contributed by atoms with van der Waals surface area (Å²) in [7, 11) is 0. The molecule has 27 heavy (non-hydrogen) atoms. The van der Waals surface area contributed by atoms with E-state index in [1.807, 2.05) is 24.4 Å². The van der Waals surface area contributed by atoms with Gasteiger partial charge in [0.1, 0.15) is 6.61 Å². The van der Waals surface area contributed by atoms with Crippen LogP contribution in [0, 0.1) is 17.0 Å². The highest BCUT2D eigenvalue weighted by atomic mass is 32.2. The van der Waals surface area contributed by atoms with E-state index in [1.165, 1.54) is 6.07 Å². The monoisotopic (exact) mass is 400 g/mol. The summed E-state index contributed by atoms with van der Waals surface area (Å²) >= 11 is 3.26. The quantitative estimate of drug-likeness (QED) is 0.240. The SMILES string of the molecule is Cc1nc(CSc2ccc(C(=O)OCc3ccccc3[N+](=O)[O-])cc2)cs1. The van der Waals surface area contributed by atoms with Crippen LogP contribution in [-0.4, -0.2) is 15.9 Å². The molecule has 0 aliphatic carbocycles. The first-order valence-corrected chi connectivity index (χ1v) is 9.93. The van der Waals surface area contributed by atoms with Crippen molar-refractivity contribution in [3.8, 4) is 0 Å². The number of nitro benzene ring substituents is 1. The Morgan fingerprint density at radius 3 is 2.63 bits per heavy atom. The number of para-hydroxylation sites is 1. The number of thioether (sulfide) groups is 1. The van der Waals surface area contributed by atoms with Gasteiger partial charge in [0.05, 0.1) is 26.8 Å². The number of hydrogen-bond acceptors (Lipinski definition) is 7. The van der Waals surface area contributed by atoms with Crippen molar-refractivity contribution in [1.82, 2.24) is 4.98 Å². The zero-order valence-electron chi connectivity index (χ0n) is 14.5. The molecule has 1 aromatic heterocycles. The van der Waals surface area contributed by atoms with E-state index in [9.17, 15) is 14.9 Å². The second kappa shape index (κ2) is 8.79. The Labute approximate surface area is 164 Å². The lowest BCUT2D eigenvalue weighted by molar-refractivity contribution is -0.385. The van der Waals surface area contributed by atoms with Crippen LogP contribution in [0.1, 0.15) is 26.6 Å². The molecule has 3 aromatic rings. The van der Waals surface area contributed by atoms with Gasteiger partial charge in [-0.05, 0) is 37.3 Å². The third kappa shape index (κ3) is 5.15. The molecule has 6 nitrogen and oxygen atoms in total. The Bertz CT molecular complexity index is 954. The van der Waals surface area contributed by atoms with Crippen LogP contribution < -0.4 is 0 Å². The molecular weight excluding hydrogens is 384 g/mol. The molecule has 2 aromatic carbocycles. The summed E-state index contributed by atoms with van der Waals surface area (Å²) in [5.74, 6) is 0.256. The summed E-state index contributed by atoms with van der Waals surface area (Å²) in [6.07, 6.45) is 0. The third-order valence-electron chi connectivity index (χ3n) is 3.69. The van der Waals surface area contributed by atoms with E-state index in [1.54, 1.807) is 53.4 Å². The number of hydrogen-bond donors (Lipinski definition) is 0. The van der Waals surface area contributed by atoms with Crippen LogP contribution in [0.5, 0.6) is 0 Å². The molecular formula is C19H16N2O4S2. The highest BCUT2D eigenvalue weighted by Gasteiger charge is 2.15. The van der Waals surface area contributed by atoms with Crippen LogP contribution in [0.4, 0.5) is 5.69 Å². The Hall–Kier alpha value is -2.71. The van der Waals surface area contributed by atoms with Crippen molar-refractivity contribution in [2.45, 2.75) is 24.2 Å². The topological polar surface area (TPSA) is 82.3 Å². The average molecular weight is 400 g/mol. The number of esters is 1. The minimum atomic E-state index is -0.514. The summed E-state index contributed by atoms with van der Waals surface area (Å²) in [5, 5.41) is 14.1. The maximum absolute atomic E-state index is 12.2. The standard InChI is InChI=1S/C19H16N2O4S2/c1-13-20-16(11-26-13)12-27-17-8-6-14(7-9-17)19(22)25-10-15-4-2-3-5-18(15)21(23)24/h2-9,11H,10,12H2,1H3. The van der Waals surface area contributed by atoms with Gasteiger partial charge in [0, 0.05) is 22.1 Å². The lowest BCUT2D eigenvalue weighted by Gasteiger charge is -2.06. The second-order valence-electron chi connectivity index (χ2n) is 5.63. The van der Waals surface area contributed by atoms with E-state index < -0.39 is 10.9 Å². The fourth-order valence-corrected chi connectivity index (χ4v) is 3.87. The van der Waals surface area contributed by atoms with E-state index in [0.29, 0.717) is 11.1 Å². The smallest absolute Gasteiger partial charge is 0.338 e. The molecule has 0 aliphatic rings. The Balaban J connectivity index is 1.57. The molecule has 138 valence electrons. The van der Waals surface area contributed by atoms with Crippen LogP contribution in [0.25, 0.3) is 0 Å². The fraction of sp³-hybridized carbons (Fsp3) is 0.158. The molecule has 0 spiro atoms.